The lowest BCUT2D eigenvalue weighted by Gasteiger charge is -2.27. The number of carbonyl (C=O) groups is 6. The number of benzene rings is 2. The van der Waals surface area contributed by atoms with Gasteiger partial charge < -0.3 is 35.5 Å². The molecular formula is C44H46N10O9. The Morgan fingerprint density at radius 2 is 1.60 bits per heavy atom. The number of aromatic nitrogens is 4. The first kappa shape index (κ1) is 42.6. The maximum Gasteiger partial charge on any atom is 0.264 e. The van der Waals surface area contributed by atoms with Gasteiger partial charge in [-0.3, -0.25) is 43.4 Å². The minimum Gasteiger partial charge on any atom is -0.382 e. The van der Waals surface area contributed by atoms with E-state index in [-0.39, 0.29) is 54.9 Å². The second kappa shape index (κ2) is 19.3. The third-order valence-corrected chi connectivity index (χ3v) is 11.0. The fraction of sp³-hybridized carbons (Fsp3) is 0.341. The van der Waals surface area contributed by atoms with Crippen molar-refractivity contribution in [1.82, 2.24) is 34.5 Å². The smallest absolute Gasteiger partial charge is 0.264 e. The lowest BCUT2D eigenvalue weighted by Crippen LogP contribution is -2.54. The summed E-state index contributed by atoms with van der Waals surface area (Å²) < 4.78 is 18.9. The molecule has 3 aliphatic rings. The van der Waals surface area contributed by atoms with Gasteiger partial charge in [-0.05, 0) is 55.7 Å². The molecule has 2 fully saturated rings. The molecule has 1 unspecified atom stereocenters. The Morgan fingerprint density at radius 3 is 2.37 bits per heavy atom. The van der Waals surface area contributed by atoms with Gasteiger partial charge in [0.15, 0.2) is 0 Å². The Labute approximate surface area is 361 Å². The molecular weight excluding hydrogens is 813 g/mol. The number of ether oxygens (including phenoxy) is 3. The Kier molecular flexibility index (Phi) is 13.1. The van der Waals surface area contributed by atoms with Crippen molar-refractivity contribution in [2.45, 2.75) is 44.2 Å². The molecule has 5 N–H and O–H groups in total. The van der Waals surface area contributed by atoms with Crippen LogP contribution < -0.4 is 21.7 Å². The monoisotopic (exact) mass is 858 g/mol. The first-order valence-corrected chi connectivity index (χ1v) is 20.8. The molecule has 0 bridgehead atoms. The molecule has 2 aromatic carbocycles. The van der Waals surface area contributed by atoms with Gasteiger partial charge in [0, 0.05) is 54.9 Å². The summed E-state index contributed by atoms with van der Waals surface area (Å²) in [6.45, 7) is 2.68. The van der Waals surface area contributed by atoms with Gasteiger partial charge in [-0.2, -0.15) is 0 Å². The molecule has 63 heavy (non-hydrogen) atoms. The summed E-state index contributed by atoms with van der Waals surface area (Å²) in [4.78, 5) is 92.9. The number of carbonyl (C=O) groups excluding carboxylic acids is 6. The van der Waals surface area contributed by atoms with Gasteiger partial charge in [0.25, 0.3) is 17.7 Å². The topological polar surface area (TPSA) is 242 Å². The Balaban J connectivity index is 0.751. The molecule has 5 aromatic rings. The van der Waals surface area contributed by atoms with E-state index in [4.69, 9.17) is 24.9 Å². The number of imide groups is 2. The molecule has 326 valence electrons. The summed E-state index contributed by atoms with van der Waals surface area (Å²) in [5.41, 5.74) is 9.65. The van der Waals surface area contributed by atoms with E-state index in [0.29, 0.717) is 86.0 Å². The number of anilines is 3. The lowest BCUT2D eigenvalue weighted by molar-refractivity contribution is -0.136. The number of hydrogen-bond acceptors (Lipinski definition) is 14. The minimum atomic E-state index is -1.04. The van der Waals surface area contributed by atoms with Crippen molar-refractivity contribution >= 4 is 58.3 Å². The average Bonchev–Trinajstić information content (AvgIpc) is 4.00. The zero-order valence-electron chi connectivity index (χ0n) is 34.3. The van der Waals surface area contributed by atoms with E-state index < -0.39 is 29.7 Å². The van der Waals surface area contributed by atoms with Gasteiger partial charge in [0.05, 0.1) is 63.2 Å². The third kappa shape index (κ3) is 9.25. The highest BCUT2D eigenvalue weighted by Crippen LogP contribution is 2.37. The zero-order chi connectivity index (χ0) is 43.9. The van der Waals surface area contributed by atoms with E-state index in [1.165, 1.54) is 0 Å². The number of nitrogens with two attached hydrogens (primary N) is 1. The number of piperidine rings is 1. The van der Waals surface area contributed by atoms with Gasteiger partial charge >= 0.3 is 0 Å². The molecule has 6 amide bonds. The number of nitrogens with zero attached hydrogens (tertiary/aromatic N) is 6. The second-order valence-electron chi connectivity index (χ2n) is 15.0. The van der Waals surface area contributed by atoms with Gasteiger partial charge in [0.1, 0.15) is 34.7 Å². The van der Waals surface area contributed by atoms with E-state index in [0.717, 1.165) is 23.3 Å². The van der Waals surface area contributed by atoms with E-state index in [1.54, 1.807) is 67.1 Å². The number of pyridine rings is 1. The van der Waals surface area contributed by atoms with Crippen molar-refractivity contribution in [3.63, 3.8) is 0 Å². The van der Waals surface area contributed by atoms with Crippen molar-refractivity contribution in [3.8, 4) is 11.3 Å². The molecule has 0 aliphatic carbocycles. The highest BCUT2D eigenvalue weighted by Gasteiger charge is 2.45. The van der Waals surface area contributed by atoms with Gasteiger partial charge in [-0.1, -0.05) is 24.3 Å². The number of fused-ring (bicyclic) bond motifs is 2. The normalized spacial score (nSPS) is 17.3. The van der Waals surface area contributed by atoms with Crippen molar-refractivity contribution in [2.75, 3.05) is 69.1 Å². The zero-order valence-corrected chi connectivity index (χ0v) is 34.3. The molecule has 3 aromatic heterocycles. The van der Waals surface area contributed by atoms with Crippen molar-refractivity contribution in [2.24, 2.45) is 0 Å². The fourth-order valence-corrected chi connectivity index (χ4v) is 8.03. The van der Waals surface area contributed by atoms with Crippen LogP contribution in [-0.4, -0.2) is 123 Å². The van der Waals surface area contributed by atoms with Crippen LogP contribution in [-0.2, 0) is 28.6 Å². The molecule has 19 heteroatoms. The number of nitrogens with one attached hydrogen (secondary N) is 3. The predicted octanol–water partition coefficient (Wildman–Crippen LogP) is 3.24. The number of hydrogen-bond donors (Lipinski definition) is 4. The summed E-state index contributed by atoms with van der Waals surface area (Å²) in [6, 6.07) is 15.9. The molecule has 0 saturated carbocycles. The summed E-state index contributed by atoms with van der Waals surface area (Å²) >= 11 is 0. The van der Waals surface area contributed by atoms with Crippen LogP contribution in [0.25, 0.3) is 16.8 Å². The third-order valence-electron chi connectivity index (χ3n) is 11.0. The molecule has 2 atom stereocenters. The maximum absolute atomic E-state index is 13.5. The minimum absolute atomic E-state index is 0.0477. The first-order valence-electron chi connectivity index (χ1n) is 20.8. The highest BCUT2D eigenvalue weighted by molar-refractivity contribution is 6.25. The summed E-state index contributed by atoms with van der Waals surface area (Å²) in [6.07, 6.45) is 6.87. The molecule has 0 radical (unpaired) electrons. The number of imidazole rings is 1. The number of rotatable bonds is 18. The quantitative estimate of drug-likeness (QED) is 0.0731. The van der Waals surface area contributed by atoms with Gasteiger partial charge in [-0.25, -0.2) is 15.0 Å². The molecule has 19 nitrogen and oxygen atoms in total. The highest BCUT2D eigenvalue weighted by atomic mass is 16.5. The standard InChI is InChI=1S/C44H46N10O9/c45-39-38-37(27-9-11-28(12-10-27)41(57)49-33-8-1-2-16-47-33)51-40(53(38)20-17-48-39)31-7-4-19-52(31)35(56)15-21-61-23-25-63-26-24-62-22-18-46-30-6-3-5-29-36(30)44(60)54(43(29)59)32-13-14-34(55)50-42(32)58/h1-3,5-6,8-12,16-17,20,31-32,46H,4,7,13-15,18-19,21-26H2,(H2,45,48)(H,47,49,57)(H,50,55,58)/t31-,32?/m0/s1. The average molecular weight is 859 g/mol. The Bertz CT molecular complexity index is 2530. The molecule has 6 heterocycles. The molecule has 0 spiro atoms. The molecule has 2 saturated heterocycles. The van der Waals surface area contributed by atoms with E-state index in [1.807, 2.05) is 21.4 Å². The van der Waals surface area contributed by atoms with Crippen LogP contribution in [0, 0.1) is 0 Å². The summed E-state index contributed by atoms with van der Waals surface area (Å²) in [5, 5.41) is 8.12. The fourth-order valence-electron chi connectivity index (χ4n) is 8.03. The number of nitrogen functional groups attached to an aromatic ring is 1. The Hall–Kier alpha value is -7.09. The van der Waals surface area contributed by atoms with Crippen LogP contribution >= 0.6 is 0 Å². The van der Waals surface area contributed by atoms with Crippen LogP contribution in [0.3, 0.4) is 0 Å². The number of amides is 6. The van der Waals surface area contributed by atoms with Crippen LogP contribution in [0.4, 0.5) is 17.3 Å². The first-order chi connectivity index (χ1) is 30.7. The van der Waals surface area contributed by atoms with E-state index >= 15 is 0 Å². The van der Waals surface area contributed by atoms with Crippen molar-refractivity contribution in [3.05, 3.63) is 102 Å². The van der Waals surface area contributed by atoms with Crippen LogP contribution in [0.2, 0.25) is 0 Å². The van der Waals surface area contributed by atoms with Crippen molar-refractivity contribution in [1.29, 1.82) is 0 Å². The Morgan fingerprint density at radius 1 is 0.825 bits per heavy atom. The molecule has 8 rings (SSSR count). The van der Waals surface area contributed by atoms with Gasteiger partial charge in [-0.15, -0.1) is 0 Å². The lowest BCUT2D eigenvalue weighted by atomic mass is 10.0. The van der Waals surface area contributed by atoms with E-state index in [9.17, 15) is 28.8 Å². The SMILES string of the molecule is Nc1nccn2c([C@@H]3CCCN3C(=O)CCOCCOCCOCCNc3cccc4c3C(=O)N(C3CCC(=O)NC3=O)C4=O)nc(-c3ccc(C(=O)Nc4ccccn4)cc3)c12. The van der Waals surface area contributed by atoms with Crippen LogP contribution in [0.5, 0.6) is 0 Å². The summed E-state index contributed by atoms with van der Waals surface area (Å²) in [5.74, 6) is -1.15. The predicted molar refractivity (Wildman–Crippen MR) is 227 cm³/mol. The largest absolute Gasteiger partial charge is 0.382 e. The van der Waals surface area contributed by atoms with E-state index in [2.05, 4.69) is 25.9 Å². The van der Waals surface area contributed by atoms with Crippen LogP contribution in [0.1, 0.15) is 75.0 Å². The molecule has 3 aliphatic heterocycles. The maximum atomic E-state index is 13.5. The van der Waals surface area contributed by atoms with Crippen molar-refractivity contribution < 1.29 is 43.0 Å². The second-order valence-corrected chi connectivity index (χ2v) is 15.0. The number of likely N-dealkylation sites (tertiary alicyclic amines) is 1. The van der Waals surface area contributed by atoms with Gasteiger partial charge in [0.2, 0.25) is 17.7 Å². The van der Waals surface area contributed by atoms with Crippen LogP contribution in [0.15, 0.2) is 79.3 Å². The summed E-state index contributed by atoms with van der Waals surface area (Å²) in [7, 11) is 0.